The minimum atomic E-state index is -0.326. The molecule has 2 aromatic carbocycles. The summed E-state index contributed by atoms with van der Waals surface area (Å²) >= 11 is 6.36. The van der Waals surface area contributed by atoms with Crippen LogP contribution in [0.2, 0.25) is 5.15 Å². The van der Waals surface area contributed by atoms with Crippen LogP contribution in [-0.4, -0.2) is 33.6 Å². The average Bonchev–Trinajstić information content (AvgIpc) is 3.00. The standard InChI is InChI=1S/C21H15ClN4O2/c22-18-17-20(27)23-10-11-28-21(17)25-19(24-18)16-12-13-6-4-5-9-15(13)26(16)14-7-2-1-3-8-14/h1-9,12H,10-11H2,(H,23,27). The number of fused-ring (bicyclic) bond motifs is 2. The fourth-order valence-corrected chi connectivity index (χ4v) is 3.65. The molecule has 5 rings (SSSR count). The van der Waals surface area contributed by atoms with Gasteiger partial charge >= 0.3 is 0 Å². The molecule has 0 bridgehead atoms. The Labute approximate surface area is 165 Å². The van der Waals surface area contributed by atoms with E-state index in [2.05, 4.69) is 19.9 Å². The van der Waals surface area contributed by atoms with E-state index in [9.17, 15) is 4.79 Å². The molecule has 3 heterocycles. The summed E-state index contributed by atoms with van der Waals surface area (Å²) in [6.07, 6.45) is 0. The molecule has 0 atom stereocenters. The van der Waals surface area contributed by atoms with Crippen molar-refractivity contribution in [2.24, 2.45) is 0 Å². The van der Waals surface area contributed by atoms with E-state index in [0.717, 1.165) is 22.3 Å². The van der Waals surface area contributed by atoms with Crippen LogP contribution in [0, 0.1) is 0 Å². The highest BCUT2D eigenvalue weighted by molar-refractivity contribution is 6.33. The number of nitrogens with zero attached hydrogens (tertiary/aromatic N) is 3. The SMILES string of the molecule is O=C1NCCOc2nc(-c3cc4ccccc4n3-c3ccccc3)nc(Cl)c21. The molecule has 0 radical (unpaired) electrons. The largest absolute Gasteiger partial charge is 0.475 e. The Kier molecular flexibility index (Phi) is 3.98. The topological polar surface area (TPSA) is 69.0 Å². The number of carbonyl (C=O) groups excluding carboxylic acids is 1. The summed E-state index contributed by atoms with van der Waals surface area (Å²) in [5.74, 6) is 0.279. The van der Waals surface area contributed by atoms with Crippen LogP contribution in [0.4, 0.5) is 0 Å². The second-order valence-corrected chi connectivity index (χ2v) is 6.74. The smallest absolute Gasteiger partial charge is 0.260 e. The number of ether oxygens (including phenoxy) is 1. The van der Waals surface area contributed by atoms with Crippen LogP contribution in [0.25, 0.3) is 28.1 Å². The molecule has 0 saturated heterocycles. The van der Waals surface area contributed by atoms with E-state index >= 15 is 0 Å². The Morgan fingerprint density at radius 3 is 2.68 bits per heavy atom. The number of amides is 1. The molecule has 1 N–H and O–H groups in total. The summed E-state index contributed by atoms with van der Waals surface area (Å²) in [5, 5.41) is 3.85. The highest BCUT2D eigenvalue weighted by atomic mass is 35.5. The van der Waals surface area contributed by atoms with Gasteiger partial charge in [-0.2, -0.15) is 4.98 Å². The molecule has 0 spiro atoms. The zero-order valence-corrected chi connectivity index (χ0v) is 15.5. The van der Waals surface area contributed by atoms with E-state index < -0.39 is 0 Å². The lowest BCUT2D eigenvalue weighted by molar-refractivity contribution is 0.0957. The van der Waals surface area contributed by atoms with Gasteiger partial charge in [0.2, 0.25) is 5.88 Å². The van der Waals surface area contributed by atoms with E-state index in [4.69, 9.17) is 16.3 Å². The van der Waals surface area contributed by atoms with Crippen molar-refractivity contribution in [3.05, 3.63) is 71.4 Å². The number of rotatable bonds is 2. The lowest BCUT2D eigenvalue weighted by Crippen LogP contribution is -2.24. The number of hydrogen-bond donors (Lipinski definition) is 1. The second-order valence-electron chi connectivity index (χ2n) is 6.38. The molecule has 1 aliphatic heterocycles. The van der Waals surface area contributed by atoms with Crippen molar-refractivity contribution in [2.45, 2.75) is 0 Å². The maximum absolute atomic E-state index is 12.2. The molecule has 0 aliphatic carbocycles. The first-order valence-corrected chi connectivity index (χ1v) is 9.25. The van der Waals surface area contributed by atoms with Crippen molar-refractivity contribution < 1.29 is 9.53 Å². The Morgan fingerprint density at radius 1 is 1.04 bits per heavy atom. The van der Waals surface area contributed by atoms with Crippen LogP contribution in [0.5, 0.6) is 5.88 Å². The molecule has 2 aromatic heterocycles. The van der Waals surface area contributed by atoms with Crippen molar-refractivity contribution in [1.29, 1.82) is 0 Å². The third kappa shape index (κ3) is 2.70. The molecule has 0 fully saturated rings. The van der Waals surface area contributed by atoms with Gasteiger partial charge in [-0.3, -0.25) is 4.79 Å². The van der Waals surface area contributed by atoms with Crippen molar-refractivity contribution in [1.82, 2.24) is 19.9 Å². The molecular formula is C21H15ClN4O2. The molecule has 1 aliphatic rings. The molecule has 28 heavy (non-hydrogen) atoms. The predicted molar refractivity (Wildman–Crippen MR) is 107 cm³/mol. The van der Waals surface area contributed by atoms with Crippen LogP contribution < -0.4 is 10.1 Å². The first-order valence-electron chi connectivity index (χ1n) is 8.87. The fraction of sp³-hybridized carbons (Fsp3) is 0.0952. The van der Waals surface area contributed by atoms with E-state index in [0.29, 0.717) is 19.0 Å². The quantitative estimate of drug-likeness (QED) is 0.528. The summed E-state index contributed by atoms with van der Waals surface area (Å²) in [5.41, 5.74) is 2.94. The number of para-hydroxylation sites is 2. The molecular weight excluding hydrogens is 376 g/mol. The van der Waals surface area contributed by atoms with E-state index in [-0.39, 0.29) is 22.5 Å². The first kappa shape index (κ1) is 16.8. The molecule has 138 valence electrons. The van der Waals surface area contributed by atoms with Crippen LogP contribution in [0.15, 0.2) is 60.7 Å². The van der Waals surface area contributed by atoms with E-state index in [1.165, 1.54) is 0 Å². The highest BCUT2D eigenvalue weighted by Crippen LogP contribution is 2.33. The Bertz CT molecular complexity index is 1200. The zero-order valence-electron chi connectivity index (χ0n) is 14.7. The third-order valence-electron chi connectivity index (χ3n) is 4.64. The summed E-state index contributed by atoms with van der Waals surface area (Å²) in [4.78, 5) is 21.2. The highest BCUT2D eigenvalue weighted by Gasteiger charge is 2.25. The normalized spacial score (nSPS) is 13.5. The lowest BCUT2D eigenvalue weighted by atomic mass is 10.2. The third-order valence-corrected chi connectivity index (χ3v) is 4.91. The molecule has 7 heteroatoms. The number of nitrogens with one attached hydrogen (secondary N) is 1. The van der Waals surface area contributed by atoms with Crippen LogP contribution >= 0.6 is 11.6 Å². The van der Waals surface area contributed by atoms with Crippen molar-refractivity contribution in [2.75, 3.05) is 13.2 Å². The van der Waals surface area contributed by atoms with Crippen molar-refractivity contribution >= 4 is 28.4 Å². The summed E-state index contributed by atoms with van der Waals surface area (Å²) in [7, 11) is 0. The Balaban J connectivity index is 1.78. The molecule has 6 nitrogen and oxygen atoms in total. The minimum Gasteiger partial charge on any atom is -0.475 e. The second kappa shape index (κ2) is 6.65. The molecule has 1 amide bonds. The van der Waals surface area contributed by atoms with Gasteiger partial charge in [-0.1, -0.05) is 48.0 Å². The maximum Gasteiger partial charge on any atom is 0.260 e. The van der Waals surface area contributed by atoms with E-state index in [1.54, 1.807) is 0 Å². The lowest BCUT2D eigenvalue weighted by Gasteiger charge is -2.12. The van der Waals surface area contributed by atoms with Crippen molar-refractivity contribution in [3.8, 4) is 23.1 Å². The molecule has 0 unspecified atom stereocenters. The van der Waals surface area contributed by atoms with Gasteiger partial charge in [0.05, 0.1) is 17.8 Å². The average molecular weight is 391 g/mol. The van der Waals surface area contributed by atoms with Crippen LogP contribution in [0.3, 0.4) is 0 Å². The minimum absolute atomic E-state index is 0.0734. The van der Waals surface area contributed by atoms with Gasteiger partial charge < -0.3 is 14.6 Å². The van der Waals surface area contributed by atoms with E-state index in [1.807, 2.05) is 60.7 Å². The predicted octanol–water partition coefficient (Wildman–Crippen LogP) is 3.86. The summed E-state index contributed by atoms with van der Waals surface area (Å²) in [6.45, 7) is 0.721. The number of halogens is 1. The zero-order chi connectivity index (χ0) is 19.1. The fourth-order valence-electron chi connectivity index (χ4n) is 3.40. The summed E-state index contributed by atoms with van der Waals surface area (Å²) < 4.78 is 7.73. The van der Waals surface area contributed by atoms with Gasteiger partial charge in [0.25, 0.3) is 5.91 Å². The molecule has 4 aromatic rings. The van der Waals surface area contributed by atoms with Gasteiger partial charge in [0.1, 0.15) is 17.3 Å². The maximum atomic E-state index is 12.2. The van der Waals surface area contributed by atoms with Gasteiger partial charge in [-0.25, -0.2) is 4.98 Å². The summed E-state index contributed by atoms with van der Waals surface area (Å²) in [6, 6.07) is 20.0. The monoisotopic (exact) mass is 390 g/mol. The van der Waals surface area contributed by atoms with Gasteiger partial charge in [0.15, 0.2) is 5.82 Å². The van der Waals surface area contributed by atoms with Crippen LogP contribution in [0.1, 0.15) is 10.4 Å². The number of benzene rings is 2. The van der Waals surface area contributed by atoms with Crippen LogP contribution in [-0.2, 0) is 0 Å². The number of carbonyl (C=O) groups is 1. The Morgan fingerprint density at radius 2 is 1.82 bits per heavy atom. The number of aromatic nitrogens is 3. The van der Waals surface area contributed by atoms with Gasteiger partial charge in [-0.05, 0) is 24.3 Å². The molecule has 0 saturated carbocycles. The van der Waals surface area contributed by atoms with Gasteiger partial charge in [-0.15, -0.1) is 0 Å². The number of hydrogen-bond acceptors (Lipinski definition) is 4. The first-order chi connectivity index (χ1) is 13.7. The Hall–Kier alpha value is -3.38. The van der Waals surface area contributed by atoms with Gasteiger partial charge in [0, 0.05) is 11.1 Å². The van der Waals surface area contributed by atoms with Crippen molar-refractivity contribution in [3.63, 3.8) is 0 Å².